The number of rotatable bonds is 13. The number of hydrogen-bond donors (Lipinski definition) is 5. The number of halogens is 2. The molecule has 4 saturated heterocycles. The van der Waals surface area contributed by atoms with Crippen molar-refractivity contribution < 1.29 is 37.8 Å². The van der Waals surface area contributed by atoms with E-state index < -0.39 is 35.9 Å². The summed E-state index contributed by atoms with van der Waals surface area (Å²) in [5, 5.41) is 14.6. The summed E-state index contributed by atoms with van der Waals surface area (Å²) < 4.78 is 38.7. The summed E-state index contributed by atoms with van der Waals surface area (Å²) in [6.07, 6.45) is 4.01. The predicted molar refractivity (Wildman–Crippen MR) is 278 cm³/mol. The maximum absolute atomic E-state index is 16.9. The number of aromatic amines is 2. The summed E-state index contributed by atoms with van der Waals surface area (Å²) in [6, 6.07) is 22.1. The second-order valence-corrected chi connectivity index (χ2v) is 21.2. The number of hydrogen-bond acceptors (Lipinski definition) is 9. The predicted octanol–water partition coefficient (Wildman–Crippen LogP) is 10.2. The standard InChI is InChI=1S/C56H66F2N10O6/c1-31(2)48(63-55(71)72)53(69)66-24-10-15-46(66)51-59-40-19-17-34(26-42(40)61-51)44-21-22-45(68(44)37-28-38(57)50(39(58)29-37)65-23-9-14-36(30-65)33-12-7-6-8-13-33)35-18-20-41-43(27-35)62-52(60-41)47-16-11-25-67(47)54(70)49(32(3)4)64-56(73)74-5/h6-8,12-13,17-20,26-29,31-32,36,44-49,63H,9-11,14-16,21-25,30H2,1-5H3,(H,59,61)(H,60,62)(H,64,73)(H,71,72)/t36?,44-,45-,46+,47+,48+,49+/m1/s1. The van der Waals surface area contributed by atoms with Gasteiger partial charge in [0.15, 0.2) is 11.6 Å². The molecule has 18 heteroatoms. The van der Waals surface area contributed by atoms with Crippen LogP contribution in [0, 0.1) is 23.5 Å². The number of amides is 4. The minimum absolute atomic E-state index is 0.0170. The molecule has 4 aromatic carbocycles. The Balaban J connectivity index is 0.981. The number of carbonyl (C=O) groups is 4. The van der Waals surface area contributed by atoms with E-state index >= 15 is 8.78 Å². The number of ether oxygens (including phenoxy) is 1. The van der Waals surface area contributed by atoms with Gasteiger partial charge in [0.1, 0.15) is 29.4 Å². The van der Waals surface area contributed by atoms with Crippen LogP contribution in [0.1, 0.15) is 137 Å². The van der Waals surface area contributed by atoms with Crippen LogP contribution in [0.4, 0.5) is 29.7 Å². The summed E-state index contributed by atoms with van der Waals surface area (Å²) in [4.78, 5) is 76.2. The Hall–Kier alpha value is -7.24. The van der Waals surface area contributed by atoms with Crippen molar-refractivity contribution in [3.8, 4) is 0 Å². The zero-order valence-corrected chi connectivity index (χ0v) is 42.6. The lowest BCUT2D eigenvalue weighted by molar-refractivity contribution is -0.136. The van der Waals surface area contributed by atoms with E-state index in [-0.39, 0.29) is 59.4 Å². The third-order valence-electron chi connectivity index (χ3n) is 15.8. The number of likely N-dealkylation sites (tertiary alicyclic amines) is 2. The number of nitrogens with zero attached hydrogens (tertiary/aromatic N) is 6. The highest BCUT2D eigenvalue weighted by Crippen LogP contribution is 2.49. The fourth-order valence-corrected chi connectivity index (χ4v) is 12.2. The number of aromatic nitrogens is 4. The first-order valence-electron chi connectivity index (χ1n) is 26.2. The number of H-pyrrole nitrogens is 2. The first-order chi connectivity index (χ1) is 35.7. The van der Waals surface area contributed by atoms with E-state index in [1.54, 1.807) is 9.80 Å². The van der Waals surface area contributed by atoms with E-state index in [0.29, 0.717) is 80.2 Å². The first-order valence-corrected chi connectivity index (χ1v) is 26.2. The van der Waals surface area contributed by atoms with Crippen LogP contribution in [0.2, 0.25) is 0 Å². The van der Waals surface area contributed by atoms with Crippen LogP contribution in [-0.4, -0.2) is 104 Å². The Morgan fingerprint density at radius 2 is 1.22 bits per heavy atom. The largest absolute Gasteiger partial charge is 0.465 e. The van der Waals surface area contributed by atoms with Gasteiger partial charge in [-0.05, 0) is 116 Å². The summed E-state index contributed by atoms with van der Waals surface area (Å²) in [5.41, 5.74) is 6.32. The molecule has 0 bridgehead atoms. The smallest absolute Gasteiger partial charge is 0.407 e. The van der Waals surface area contributed by atoms with Crippen LogP contribution in [0.25, 0.3) is 22.1 Å². The molecule has 2 aromatic heterocycles. The number of carbonyl (C=O) groups excluding carboxylic acids is 3. The Labute approximate surface area is 429 Å². The number of alkyl carbamates (subject to hydrolysis) is 1. The van der Waals surface area contributed by atoms with Gasteiger partial charge in [-0.15, -0.1) is 0 Å². The maximum Gasteiger partial charge on any atom is 0.407 e. The SMILES string of the molecule is COC(=O)N[C@H](C(=O)N1CCC[C@H]1c1nc2ccc([C@H]3CC[C@H](c4ccc5[nH]c([C@@H]6CCCN6C(=O)[C@@H](NC(=O)O)C(C)C)nc5c4)N3c3cc(F)c(N4CCCC(c5ccccc5)C4)c(F)c3)cc2[nH]1)C(C)C. The molecule has 4 amide bonds. The van der Waals surface area contributed by atoms with E-state index in [4.69, 9.17) is 14.7 Å². The van der Waals surface area contributed by atoms with Gasteiger partial charge in [0.05, 0.1) is 53.3 Å². The molecule has 16 nitrogen and oxygen atoms in total. The number of methoxy groups -OCH3 is 1. The second kappa shape index (κ2) is 20.9. The highest BCUT2D eigenvalue weighted by atomic mass is 19.1. The lowest BCUT2D eigenvalue weighted by atomic mass is 9.90. The molecule has 7 atom stereocenters. The number of nitrogens with one attached hydrogen (secondary N) is 4. The van der Waals surface area contributed by atoms with E-state index in [0.717, 1.165) is 53.4 Å². The van der Waals surface area contributed by atoms with Gasteiger partial charge in [0.25, 0.3) is 0 Å². The fraction of sp³-hybridized carbons (Fsp3) is 0.464. The van der Waals surface area contributed by atoms with E-state index in [2.05, 4.69) is 43.7 Å². The molecular formula is C56H66F2N10O6. The molecule has 0 spiro atoms. The van der Waals surface area contributed by atoms with Crippen molar-refractivity contribution in [3.05, 3.63) is 119 Å². The lowest BCUT2D eigenvalue weighted by Gasteiger charge is -2.36. The molecule has 6 heterocycles. The summed E-state index contributed by atoms with van der Waals surface area (Å²) in [5.74, 6) is -0.760. The highest BCUT2D eigenvalue weighted by molar-refractivity contribution is 5.87. The Bertz CT molecular complexity index is 3030. The number of piperidine rings is 1. The van der Waals surface area contributed by atoms with Crippen molar-refractivity contribution in [1.29, 1.82) is 0 Å². The van der Waals surface area contributed by atoms with Gasteiger partial charge in [-0.2, -0.15) is 0 Å². The van der Waals surface area contributed by atoms with Crippen LogP contribution in [0.3, 0.4) is 0 Å². The molecule has 0 saturated carbocycles. The van der Waals surface area contributed by atoms with Crippen LogP contribution in [0.15, 0.2) is 78.9 Å². The van der Waals surface area contributed by atoms with Crippen LogP contribution < -0.4 is 20.4 Å². The number of imidazole rings is 2. The number of carboxylic acid groups (broad SMARTS) is 1. The first kappa shape index (κ1) is 50.3. The average molecular weight is 1010 g/mol. The average Bonchev–Trinajstić information content (AvgIpc) is 4.25. The molecule has 4 aliphatic heterocycles. The van der Waals surface area contributed by atoms with Crippen molar-refractivity contribution in [2.75, 3.05) is 43.1 Å². The Morgan fingerprint density at radius 1 is 0.649 bits per heavy atom. The molecule has 390 valence electrons. The quantitative estimate of drug-likeness (QED) is 0.0744. The minimum Gasteiger partial charge on any atom is -0.465 e. The van der Waals surface area contributed by atoms with Crippen molar-refractivity contribution in [3.63, 3.8) is 0 Å². The third-order valence-corrected chi connectivity index (χ3v) is 15.8. The molecule has 74 heavy (non-hydrogen) atoms. The second-order valence-electron chi connectivity index (χ2n) is 21.2. The Kier molecular flexibility index (Phi) is 14.2. The fourth-order valence-electron chi connectivity index (χ4n) is 12.2. The molecule has 1 unspecified atom stereocenters. The van der Waals surface area contributed by atoms with Crippen LogP contribution in [-0.2, 0) is 14.3 Å². The topological polar surface area (TPSA) is 192 Å². The van der Waals surface area contributed by atoms with E-state index in [1.807, 2.05) is 81.1 Å². The summed E-state index contributed by atoms with van der Waals surface area (Å²) in [6.45, 7) is 9.43. The Morgan fingerprint density at radius 3 is 1.82 bits per heavy atom. The highest BCUT2D eigenvalue weighted by Gasteiger charge is 2.41. The molecule has 6 aromatic rings. The maximum atomic E-state index is 16.9. The van der Waals surface area contributed by atoms with Crippen molar-refractivity contribution >= 4 is 57.4 Å². The van der Waals surface area contributed by atoms with Crippen LogP contribution >= 0.6 is 0 Å². The van der Waals surface area contributed by atoms with E-state index in [1.165, 1.54) is 19.2 Å². The van der Waals surface area contributed by atoms with Crippen molar-refractivity contribution in [2.45, 2.75) is 121 Å². The van der Waals surface area contributed by atoms with Gasteiger partial charge in [-0.1, -0.05) is 70.2 Å². The summed E-state index contributed by atoms with van der Waals surface area (Å²) in [7, 11) is 1.27. The monoisotopic (exact) mass is 1010 g/mol. The van der Waals surface area contributed by atoms with Gasteiger partial charge in [0, 0.05) is 37.8 Å². The molecule has 4 fully saturated rings. The lowest BCUT2D eigenvalue weighted by Crippen LogP contribution is -2.51. The van der Waals surface area contributed by atoms with Crippen molar-refractivity contribution in [2.24, 2.45) is 11.8 Å². The third kappa shape index (κ3) is 9.82. The molecular weight excluding hydrogens is 947 g/mol. The van der Waals surface area contributed by atoms with Gasteiger partial charge < -0.3 is 50.0 Å². The molecule has 0 radical (unpaired) electrons. The number of anilines is 2. The minimum atomic E-state index is -1.25. The van der Waals surface area contributed by atoms with Gasteiger partial charge in [-0.3, -0.25) is 9.59 Å². The number of fused-ring (bicyclic) bond motifs is 2. The molecule has 5 N–H and O–H groups in total. The zero-order valence-electron chi connectivity index (χ0n) is 42.6. The molecule has 0 aliphatic carbocycles. The van der Waals surface area contributed by atoms with Crippen LogP contribution in [0.5, 0.6) is 0 Å². The normalized spacial score (nSPS) is 22.0. The number of benzene rings is 4. The molecule has 10 rings (SSSR count). The van der Waals surface area contributed by atoms with Gasteiger partial charge >= 0.3 is 12.2 Å². The summed E-state index contributed by atoms with van der Waals surface area (Å²) >= 11 is 0. The van der Waals surface area contributed by atoms with Gasteiger partial charge in [-0.25, -0.2) is 28.3 Å². The zero-order chi connectivity index (χ0) is 51.9. The van der Waals surface area contributed by atoms with E-state index in [9.17, 15) is 24.3 Å². The molecule has 4 aliphatic rings. The van der Waals surface area contributed by atoms with Gasteiger partial charge in [0.2, 0.25) is 11.8 Å². The van der Waals surface area contributed by atoms with Crippen molar-refractivity contribution in [1.82, 2.24) is 40.4 Å².